The van der Waals surface area contributed by atoms with Crippen LogP contribution >= 0.6 is 0 Å². The summed E-state index contributed by atoms with van der Waals surface area (Å²) in [6.45, 7) is 4.03. The second kappa shape index (κ2) is 6.75. The molecule has 3 aromatic rings. The maximum atomic E-state index is 4.38. The molecular formula is C19H18N4. The van der Waals surface area contributed by atoms with Crippen LogP contribution in [-0.2, 0) is 0 Å². The fraction of sp³-hybridized carbons (Fsp3) is 0.0526. The molecule has 0 aliphatic heterocycles. The van der Waals surface area contributed by atoms with Gasteiger partial charge in [-0.3, -0.25) is 10.1 Å². The first kappa shape index (κ1) is 14.8. The number of hydrogen-bond donors (Lipinski definition) is 2. The van der Waals surface area contributed by atoms with Crippen molar-refractivity contribution in [2.45, 2.75) is 0 Å². The Labute approximate surface area is 135 Å². The second-order valence-electron chi connectivity index (χ2n) is 5.12. The van der Waals surface area contributed by atoms with Crippen LogP contribution in [0.15, 0.2) is 60.1 Å². The Morgan fingerprint density at radius 1 is 1.17 bits per heavy atom. The fourth-order valence-corrected chi connectivity index (χ4v) is 2.31. The van der Waals surface area contributed by atoms with E-state index in [-0.39, 0.29) is 0 Å². The van der Waals surface area contributed by atoms with Crippen LogP contribution in [0.25, 0.3) is 28.8 Å². The SMILES string of the molecule is C=C(NC=NC)c1ccc2[nH]nc(/C=C/c3ccccc3)c2c1. The molecule has 0 aliphatic carbocycles. The highest BCUT2D eigenvalue weighted by Crippen LogP contribution is 2.22. The van der Waals surface area contributed by atoms with E-state index in [9.17, 15) is 0 Å². The van der Waals surface area contributed by atoms with E-state index in [2.05, 4.69) is 51.4 Å². The van der Waals surface area contributed by atoms with Crippen LogP contribution in [0, 0.1) is 0 Å². The number of fused-ring (bicyclic) bond motifs is 1. The number of nitrogens with zero attached hydrogens (tertiary/aromatic N) is 2. The molecule has 0 aliphatic rings. The van der Waals surface area contributed by atoms with Gasteiger partial charge in [-0.1, -0.05) is 49.1 Å². The Bertz CT molecular complexity index is 873. The highest BCUT2D eigenvalue weighted by Gasteiger charge is 2.05. The summed E-state index contributed by atoms with van der Waals surface area (Å²) in [5.74, 6) is 0. The topological polar surface area (TPSA) is 53.1 Å². The second-order valence-corrected chi connectivity index (χ2v) is 5.12. The highest BCUT2D eigenvalue weighted by molar-refractivity contribution is 5.92. The van der Waals surface area contributed by atoms with Gasteiger partial charge in [-0.2, -0.15) is 5.10 Å². The zero-order valence-corrected chi connectivity index (χ0v) is 13.0. The van der Waals surface area contributed by atoms with Gasteiger partial charge >= 0.3 is 0 Å². The van der Waals surface area contributed by atoms with E-state index >= 15 is 0 Å². The Balaban J connectivity index is 1.92. The third-order valence-corrected chi connectivity index (χ3v) is 3.54. The molecule has 1 aromatic heterocycles. The van der Waals surface area contributed by atoms with Crippen LogP contribution < -0.4 is 5.32 Å². The fourth-order valence-electron chi connectivity index (χ4n) is 2.31. The molecule has 0 saturated carbocycles. The lowest BCUT2D eigenvalue weighted by Gasteiger charge is -2.05. The van der Waals surface area contributed by atoms with Crippen molar-refractivity contribution in [3.63, 3.8) is 0 Å². The summed E-state index contributed by atoms with van der Waals surface area (Å²) in [4.78, 5) is 3.91. The lowest BCUT2D eigenvalue weighted by molar-refractivity contribution is 1.11. The number of rotatable bonds is 5. The molecule has 23 heavy (non-hydrogen) atoms. The van der Waals surface area contributed by atoms with Gasteiger partial charge in [-0.05, 0) is 29.3 Å². The molecule has 4 nitrogen and oxygen atoms in total. The van der Waals surface area contributed by atoms with Crippen LogP contribution in [-0.4, -0.2) is 23.6 Å². The molecular weight excluding hydrogens is 284 g/mol. The largest absolute Gasteiger partial charge is 0.347 e. The van der Waals surface area contributed by atoms with Gasteiger partial charge in [0.1, 0.15) is 0 Å². The lowest BCUT2D eigenvalue weighted by Crippen LogP contribution is -2.07. The lowest BCUT2D eigenvalue weighted by atomic mass is 10.1. The van der Waals surface area contributed by atoms with Crippen molar-refractivity contribution < 1.29 is 0 Å². The van der Waals surface area contributed by atoms with Gasteiger partial charge in [-0.25, -0.2) is 0 Å². The molecule has 0 fully saturated rings. The van der Waals surface area contributed by atoms with Gasteiger partial charge in [0.15, 0.2) is 0 Å². The highest BCUT2D eigenvalue weighted by atomic mass is 15.1. The molecule has 2 aromatic carbocycles. The monoisotopic (exact) mass is 302 g/mol. The predicted octanol–water partition coefficient (Wildman–Crippen LogP) is 3.95. The van der Waals surface area contributed by atoms with Crippen molar-refractivity contribution in [2.75, 3.05) is 7.05 Å². The van der Waals surface area contributed by atoms with E-state index in [1.807, 2.05) is 36.4 Å². The number of benzene rings is 2. The number of aliphatic imine (C=N–C) groups is 1. The summed E-state index contributed by atoms with van der Waals surface area (Å²) in [5.41, 5.74) is 4.86. The minimum absolute atomic E-state index is 0.802. The third kappa shape index (κ3) is 3.37. The molecule has 0 atom stereocenters. The molecule has 114 valence electrons. The molecule has 2 N–H and O–H groups in total. The quantitative estimate of drug-likeness (QED) is 0.554. The normalized spacial score (nSPS) is 11.5. The minimum atomic E-state index is 0.802. The van der Waals surface area contributed by atoms with Crippen molar-refractivity contribution in [1.29, 1.82) is 0 Å². The van der Waals surface area contributed by atoms with Gasteiger partial charge in [0, 0.05) is 18.1 Å². The first-order valence-electron chi connectivity index (χ1n) is 7.35. The summed E-state index contributed by atoms with van der Waals surface area (Å²) < 4.78 is 0. The number of nitrogens with one attached hydrogen (secondary N) is 2. The van der Waals surface area contributed by atoms with Gasteiger partial charge < -0.3 is 5.32 Å². The molecule has 1 heterocycles. The molecule has 0 spiro atoms. The summed E-state index contributed by atoms with van der Waals surface area (Å²) in [6, 6.07) is 16.3. The smallest absolute Gasteiger partial charge is 0.0927 e. The minimum Gasteiger partial charge on any atom is -0.347 e. The molecule has 0 unspecified atom stereocenters. The summed E-state index contributed by atoms with van der Waals surface area (Å²) in [6.07, 6.45) is 5.69. The van der Waals surface area contributed by atoms with Crippen molar-refractivity contribution in [1.82, 2.24) is 15.5 Å². The van der Waals surface area contributed by atoms with Crippen LogP contribution in [0.1, 0.15) is 16.8 Å². The van der Waals surface area contributed by atoms with Crippen molar-refractivity contribution >= 4 is 35.1 Å². The van der Waals surface area contributed by atoms with Crippen molar-refractivity contribution in [3.8, 4) is 0 Å². The van der Waals surface area contributed by atoms with Crippen LogP contribution in [0.5, 0.6) is 0 Å². The van der Waals surface area contributed by atoms with E-state index in [0.29, 0.717) is 0 Å². The van der Waals surface area contributed by atoms with E-state index in [1.165, 1.54) is 0 Å². The third-order valence-electron chi connectivity index (χ3n) is 3.54. The molecule has 3 rings (SSSR count). The van der Waals surface area contributed by atoms with Crippen LogP contribution in [0.4, 0.5) is 0 Å². The van der Waals surface area contributed by atoms with Gasteiger partial charge in [-0.15, -0.1) is 0 Å². The zero-order chi connectivity index (χ0) is 16.1. The molecule has 0 saturated heterocycles. The van der Waals surface area contributed by atoms with Gasteiger partial charge in [0.2, 0.25) is 0 Å². The van der Waals surface area contributed by atoms with Crippen molar-refractivity contribution in [2.24, 2.45) is 4.99 Å². The van der Waals surface area contributed by atoms with Crippen LogP contribution in [0.2, 0.25) is 0 Å². The molecule has 0 bridgehead atoms. The zero-order valence-electron chi connectivity index (χ0n) is 13.0. The maximum absolute atomic E-state index is 4.38. The number of aromatic amines is 1. The average molecular weight is 302 g/mol. The molecule has 0 radical (unpaired) electrons. The van der Waals surface area contributed by atoms with E-state index in [1.54, 1.807) is 13.4 Å². The summed E-state index contributed by atoms with van der Waals surface area (Å²) in [5, 5.41) is 11.6. The Morgan fingerprint density at radius 2 is 2.00 bits per heavy atom. The van der Waals surface area contributed by atoms with Crippen molar-refractivity contribution in [3.05, 3.63) is 71.9 Å². The Kier molecular flexibility index (Phi) is 4.34. The number of aromatic nitrogens is 2. The number of hydrogen-bond acceptors (Lipinski definition) is 2. The van der Waals surface area contributed by atoms with Crippen LogP contribution in [0.3, 0.4) is 0 Å². The standard InChI is InChI=1S/C19H18N4/c1-14(21-13-20-2)16-9-11-19-17(12-16)18(22-23-19)10-8-15-6-4-3-5-7-15/h3-13H,1H2,2H3,(H,20,21)(H,22,23)/b10-8+. The Hall–Kier alpha value is -3.14. The van der Waals surface area contributed by atoms with E-state index in [0.717, 1.165) is 33.4 Å². The number of H-pyrrole nitrogens is 1. The first-order chi connectivity index (χ1) is 11.3. The maximum Gasteiger partial charge on any atom is 0.0927 e. The average Bonchev–Trinajstić information content (AvgIpc) is 3.01. The van der Waals surface area contributed by atoms with Gasteiger partial charge in [0.05, 0.1) is 17.5 Å². The predicted molar refractivity (Wildman–Crippen MR) is 98.0 cm³/mol. The molecule has 0 amide bonds. The van der Waals surface area contributed by atoms with Gasteiger partial charge in [0.25, 0.3) is 0 Å². The summed E-state index contributed by atoms with van der Waals surface area (Å²) in [7, 11) is 1.71. The summed E-state index contributed by atoms with van der Waals surface area (Å²) >= 11 is 0. The van der Waals surface area contributed by atoms with E-state index < -0.39 is 0 Å². The first-order valence-corrected chi connectivity index (χ1v) is 7.35. The van der Waals surface area contributed by atoms with E-state index in [4.69, 9.17) is 0 Å². The Morgan fingerprint density at radius 3 is 2.78 bits per heavy atom. The molecule has 4 heteroatoms.